The van der Waals surface area contributed by atoms with E-state index in [9.17, 15) is 9.90 Å². The van der Waals surface area contributed by atoms with E-state index in [1.54, 1.807) is 11.8 Å². The normalized spacial score (nSPS) is 25.9. The van der Waals surface area contributed by atoms with Gasteiger partial charge in [-0.15, -0.1) is 0 Å². The molecule has 1 aromatic heterocycles. The van der Waals surface area contributed by atoms with Gasteiger partial charge in [0.1, 0.15) is 5.60 Å². The van der Waals surface area contributed by atoms with Crippen LogP contribution in [0.2, 0.25) is 0 Å². The topological polar surface area (TPSA) is 79.0 Å². The summed E-state index contributed by atoms with van der Waals surface area (Å²) in [4.78, 5) is 21.0. The number of oxazole rings is 1. The van der Waals surface area contributed by atoms with Crippen LogP contribution in [-0.2, 0) is 11.2 Å². The smallest absolute Gasteiger partial charge is 0.291 e. The van der Waals surface area contributed by atoms with Gasteiger partial charge in [0.15, 0.2) is 5.89 Å². The highest BCUT2D eigenvalue weighted by Crippen LogP contribution is 2.20. The van der Waals surface area contributed by atoms with Crippen LogP contribution in [0.1, 0.15) is 41.9 Å². The Balaban J connectivity index is 1.73. The van der Waals surface area contributed by atoms with E-state index in [2.05, 4.69) is 9.88 Å². The van der Waals surface area contributed by atoms with Crippen LogP contribution < -0.4 is 0 Å². The summed E-state index contributed by atoms with van der Waals surface area (Å²) in [5, 5.41) is 11.0. The molecule has 2 fully saturated rings. The number of likely N-dealkylation sites (tertiary alicyclic amines) is 1. The van der Waals surface area contributed by atoms with Crippen molar-refractivity contribution in [2.75, 3.05) is 45.9 Å². The van der Waals surface area contributed by atoms with Crippen LogP contribution in [0, 0.1) is 6.92 Å². The van der Waals surface area contributed by atoms with Crippen LogP contribution in [0.5, 0.6) is 0 Å². The number of aliphatic hydroxyl groups is 1. The van der Waals surface area contributed by atoms with Gasteiger partial charge in [-0.2, -0.15) is 0 Å². The molecule has 0 aromatic carbocycles. The molecule has 3 heterocycles. The fourth-order valence-electron chi connectivity index (χ4n) is 3.49. The molecule has 0 bridgehead atoms. The Kier molecular flexibility index (Phi) is 5.22. The molecular weight excluding hydrogens is 310 g/mol. The van der Waals surface area contributed by atoms with Crippen LogP contribution >= 0.6 is 0 Å². The lowest BCUT2D eigenvalue weighted by Gasteiger charge is -2.33. The number of carbonyl (C=O) groups is 1. The molecule has 0 unspecified atom stereocenters. The molecule has 0 aliphatic carbocycles. The first-order valence-corrected chi connectivity index (χ1v) is 8.79. The van der Waals surface area contributed by atoms with Gasteiger partial charge < -0.3 is 24.1 Å². The summed E-state index contributed by atoms with van der Waals surface area (Å²) in [6.07, 6.45) is 2.98. The monoisotopic (exact) mass is 337 g/mol. The number of ether oxygens (including phenoxy) is 1. The summed E-state index contributed by atoms with van der Waals surface area (Å²) in [5.41, 5.74) is -0.442. The number of nitrogens with zero attached hydrogens (tertiary/aromatic N) is 3. The molecule has 2 aliphatic heterocycles. The van der Waals surface area contributed by atoms with Crippen molar-refractivity contribution >= 4 is 5.91 Å². The molecule has 1 atom stereocenters. The van der Waals surface area contributed by atoms with Crippen molar-refractivity contribution in [2.45, 2.75) is 38.7 Å². The maximum absolute atomic E-state index is 12.8. The highest BCUT2D eigenvalue weighted by molar-refractivity contribution is 5.92. The number of carbonyl (C=O) groups excluding carboxylic acids is 1. The molecule has 2 saturated heterocycles. The van der Waals surface area contributed by atoms with Crippen LogP contribution in [0.3, 0.4) is 0 Å². The van der Waals surface area contributed by atoms with E-state index in [1.165, 1.54) is 0 Å². The fraction of sp³-hybridized carbons (Fsp3) is 0.765. The van der Waals surface area contributed by atoms with Crippen molar-refractivity contribution in [3.05, 3.63) is 17.3 Å². The first-order chi connectivity index (χ1) is 11.5. The van der Waals surface area contributed by atoms with E-state index >= 15 is 0 Å². The van der Waals surface area contributed by atoms with E-state index in [-0.39, 0.29) is 24.8 Å². The van der Waals surface area contributed by atoms with Crippen molar-refractivity contribution in [3.63, 3.8) is 0 Å². The molecule has 2 aliphatic rings. The number of β-amino-alcohol motifs (C(OH)–C–C–N with tert-alkyl or cyclic N) is 1. The van der Waals surface area contributed by atoms with Gasteiger partial charge in [-0.25, -0.2) is 4.98 Å². The van der Waals surface area contributed by atoms with Gasteiger partial charge in [0.25, 0.3) is 5.91 Å². The van der Waals surface area contributed by atoms with E-state index in [1.807, 2.05) is 6.92 Å². The quantitative estimate of drug-likeness (QED) is 0.877. The van der Waals surface area contributed by atoms with Gasteiger partial charge in [0.2, 0.25) is 5.76 Å². The van der Waals surface area contributed by atoms with Gasteiger partial charge in [0.05, 0.1) is 25.5 Å². The van der Waals surface area contributed by atoms with E-state index in [4.69, 9.17) is 9.15 Å². The average Bonchev–Trinajstić information content (AvgIpc) is 3.14. The molecule has 134 valence electrons. The molecule has 7 heteroatoms. The Bertz CT molecular complexity index is 582. The lowest BCUT2D eigenvalue weighted by molar-refractivity contribution is -0.0525. The third-order valence-electron chi connectivity index (χ3n) is 4.70. The number of rotatable bonds is 4. The number of amides is 1. The summed E-state index contributed by atoms with van der Waals surface area (Å²) in [6, 6.07) is 0. The minimum absolute atomic E-state index is 0.218. The second kappa shape index (κ2) is 7.21. The summed E-state index contributed by atoms with van der Waals surface area (Å²) in [7, 11) is 0. The molecule has 0 saturated carbocycles. The highest BCUT2D eigenvalue weighted by Gasteiger charge is 2.37. The Morgan fingerprint density at radius 1 is 1.33 bits per heavy atom. The molecule has 3 rings (SSSR count). The second-order valence-electron chi connectivity index (χ2n) is 6.86. The molecule has 0 spiro atoms. The number of hydrogen-bond acceptors (Lipinski definition) is 6. The summed E-state index contributed by atoms with van der Waals surface area (Å²) >= 11 is 0. The predicted molar refractivity (Wildman–Crippen MR) is 88.0 cm³/mol. The van der Waals surface area contributed by atoms with Gasteiger partial charge in [-0.3, -0.25) is 4.79 Å². The molecule has 0 radical (unpaired) electrons. The third-order valence-corrected chi connectivity index (χ3v) is 4.70. The van der Waals surface area contributed by atoms with E-state index < -0.39 is 5.60 Å². The number of aryl methyl sites for hydroxylation is 2. The maximum Gasteiger partial charge on any atom is 0.291 e. The van der Waals surface area contributed by atoms with Gasteiger partial charge >= 0.3 is 0 Å². The van der Waals surface area contributed by atoms with Gasteiger partial charge in [0, 0.05) is 19.5 Å². The molecule has 1 aromatic rings. The molecule has 1 amide bonds. The zero-order chi connectivity index (χ0) is 17.2. The average molecular weight is 337 g/mol. The maximum atomic E-state index is 12.8. The van der Waals surface area contributed by atoms with Crippen molar-refractivity contribution < 1.29 is 19.1 Å². The van der Waals surface area contributed by atoms with E-state index in [0.29, 0.717) is 37.7 Å². The first kappa shape index (κ1) is 17.4. The lowest BCUT2D eigenvalue weighted by atomic mass is 10.0. The van der Waals surface area contributed by atoms with Crippen molar-refractivity contribution in [1.82, 2.24) is 14.8 Å². The third kappa shape index (κ3) is 3.79. The first-order valence-electron chi connectivity index (χ1n) is 8.79. The molecular formula is C17H27N3O4. The van der Waals surface area contributed by atoms with Crippen LogP contribution in [0.15, 0.2) is 4.42 Å². The molecule has 24 heavy (non-hydrogen) atoms. The summed E-state index contributed by atoms with van der Waals surface area (Å²) in [5.74, 6) is 0.622. The zero-order valence-electron chi connectivity index (χ0n) is 14.6. The Morgan fingerprint density at radius 3 is 2.75 bits per heavy atom. The van der Waals surface area contributed by atoms with Gasteiger partial charge in [-0.1, -0.05) is 6.92 Å². The zero-order valence-corrected chi connectivity index (χ0v) is 14.6. The largest absolute Gasteiger partial charge is 0.435 e. The van der Waals surface area contributed by atoms with E-state index in [0.717, 1.165) is 25.9 Å². The number of hydrogen-bond donors (Lipinski definition) is 1. The Labute approximate surface area is 142 Å². The minimum atomic E-state index is -1.04. The highest BCUT2D eigenvalue weighted by atomic mass is 16.5. The minimum Gasteiger partial charge on any atom is -0.435 e. The van der Waals surface area contributed by atoms with Crippen LogP contribution in [0.25, 0.3) is 0 Å². The fourth-order valence-corrected chi connectivity index (χ4v) is 3.49. The SMILES string of the molecule is CCc1nc(C)c(C(=O)N2CCOC[C@](O)(CN3CCCC3)C2)o1. The molecule has 1 N–H and O–H groups in total. The molecule has 7 nitrogen and oxygen atoms in total. The van der Waals surface area contributed by atoms with Crippen molar-refractivity contribution in [1.29, 1.82) is 0 Å². The summed E-state index contributed by atoms with van der Waals surface area (Å²) in [6.45, 7) is 7.62. The predicted octanol–water partition coefficient (Wildman–Crippen LogP) is 0.845. The van der Waals surface area contributed by atoms with Crippen molar-refractivity contribution in [3.8, 4) is 0 Å². The second-order valence-corrected chi connectivity index (χ2v) is 6.86. The van der Waals surface area contributed by atoms with Crippen LogP contribution in [0.4, 0.5) is 0 Å². The Morgan fingerprint density at radius 2 is 2.08 bits per heavy atom. The van der Waals surface area contributed by atoms with Gasteiger partial charge in [-0.05, 0) is 32.9 Å². The number of aromatic nitrogens is 1. The summed E-state index contributed by atoms with van der Waals surface area (Å²) < 4.78 is 11.2. The van der Waals surface area contributed by atoms with Crippen molar-refractivity contribution in [2.24, 2.45) is 0 Å². The van der Waals surface area contributed by atoms with Crippen LogP contribution in [-0.4, -0.2) is 77.3 Å². The standard InChI is InChI=1S/C17H27N3O4/c1-3-14-18-13(2)15(24-14)16(21)20-8-9-23-12-17(22,11-20)10-19-6-4-5-7-19/h22H,3-12H2,1-2H3/t17-/m0/s1. The Hall–Kier alpha value is -1.44. The lowest BCUT2D eigenvalue weighted by Crippen LogP contribution is -2.53.